The van der Waals surface area contributed by atoms with E-state index in [1.165, 1.54) is 0 Å². The second kappa shape index (κ2) is 4.98. The molecule has 10 heteroatoms. The van der Waals surface area contributed by atoms with E-state index in [0.717, 1.165) is 18.5 Å². The van der Waals surface area contributed by atoms with Crippen molar-refractivity contribution in [2.45, 2.75) is 11.1 Å². The van der Waals surface area contributed by atoms with E-state index in [1.54, 1.807) is 0 Å². The molecule has 1 aromatic carbocycles. The van der Waals surface area contributed by atoms with E-state index in [1.807, 2.05) is 4.72 Å². The summed E-state index contributed by atoms with van der Waals surface area (Å²) < 4.78 is 63.5. The lowest BCUT2D eigenvalue weighted by molar-refractivity contribution is -0.137. The van der Waals surface area contributed by atoms with Crippen LogP contribution in [-0.4, -0.2) is 18.6 Å². The minimum atomic E-state index is -4.62. The third-order valence-electron chi connectivity index (χ3n) is 2.26. The Morgan fingerprint density at radius 3 is 2.50 bits per heavy atom. The Bertz CT molecular complexity index is 714. The molecule has 20 heavy (non-hydrogen) atoms. The van der Waals surface area contributed by atoms with E-state index in [4.69, 9.17) is 11.6 Å². The molecule has 0 unspecified atom stereocenters. The van der Waals surface area contributed by atoms with Gasteiger partial charge in [-0.1, -0.05) is 11.6 Å². The third-order valence-corrected chi connectivity index (χ3v) is 3.83. The molecule has 0 saturated carbocycles. The summed E-state index contributed by atoms with van der Waals surface area (Å²) in [5, 5.41) is 5.52. The normalized spacial score (nSPS) is 12.4. The van der Waals surface area contributed by atoms with E-state index >= 15 is 0 Å². The first-order chi connectivity index (χ1) is 9.18. The molecule has 0 saturated heterocycles. The van der Waals surface area contributed by atoms with Gasteiger partial charge in [0, 0.05) is 11.2 Å². The van der Waals surface area contributed by atoms with Crippen molar-refractivity contribution in [3.8, 4) is 0 Å². The lowest BCUT2D eigenvalue weighted by atomic mass is 10.2. The van der Waals surface area contributed by atoms with Crippen LogP contribution in [0.15, 0.2) is 35.5 Å². The van der Waals surface area contributed by atoms with Crippen molar-refractivity contribution >= 4 is 27.3 Å². The average molecular weight is 326 g/mol. The van der Waals surface area contributed by atoms with Gasteiger partial charge in [0.2, 0.25) is 0 Å². The number of aromatic amines is 1. The maximum Gasteiger partial charge on any atom is 0.416 e. The lowest BCUT2D eigenvalue weighted by Gasteiger charge is -2.11. The van der Waals surface area contributed by atoms with Gasteiger partial charge in [-0.15, -0.1) is 0 Å². The first kappa shape index (κ1) is 14.7. The van der Waals surface area contributed by atoms with Crippen LogP contribution in [0, 0.1) is 0 Å². The van der Waals surface area contributed by atoms with Gasteiger partial charge < -0.3 is 0 Å². The highest BCUT2D eigenvalue weighted by atomic mass is 35.5. The maximum atomic E-state index is 12.6. The number of nitrogens with zero attached hydrogens (tertiary/aromatic N) is 1. The van der Waals surface area contributed by atoms with Crippen LogP contribution in [0.25, 0.3) is 0 Å². The number of rotatable bonds is 3. The van der Waals surface area contributed by atoms with Crippen LogP contribution >= 0.6 is 11.6 Å². The van der Waals surface area contributed by atoms with Crippen LogP contribution in [0.2, 0.25) is 5.02 Å². The Morgan fingerprint density at radius 2 is 1.95 bits per heavy atom. The molecular weight excluding hydrogens is 319 g/mol. The molecule has 0 radical (unpaired) electrons. The van der Waals surface area contributed by atoms with Gasteiger partial charge in [0.05, 0.1) is 17.4 Å². The van der Waals surface area contributed by atoms with E-state index in [-0.39, 0.29) is 15.6 Å². The topological polar surface area (TPSA) is 74.8 Å². The number of halogens is 4. The molecule has 1 heterocycles. The number of alkyl halides is 3. The van der Waals surface area contributed by atoms with Crippen molar-refractivity contribution in [1.82, 2.24) is 10.2 Å². The summed E-state index contributed by atoms with van der Waals surface area (Å²) in [4.78, 5) is -0.203. The first-order valence-electron chi connectivity index (χ1n) is 5.08. The van der Waals surface area contributed by atoms with Crippen LogP contribution in [0.1, 0.15) is 5.56 Å². The largest absolute Gasteiger partial charge is 0.416 e. The Labute approximate surface area is 116 Å². The molecule has 0 spiro atoms. The SMILES string of the molecule is O=S(=O)(Nc1cc(Cl)cc(C(F)(F)F)c1)c1cn[nH]c1. The van der Waals surface area contributed by atoms with E-state index in [0.29, 0.717) is 12.1 Å². The zero-order valence-electron chi connectivity index (χ0n) is 9.57. The minimum Gasteiger partial charge on any atom is -0.284 e. The Hall–Kier alpha value is -1.74. The van der Waals surface area contributed by atoms with Crippen LogP contribution in [0.5, 0.6) is 0 Å². The summed E-state index contributed by atoms with van der Waals surface area (Å²) >= 11 is 5.56. The summed E-state index contributed by atoms with van der Waals surface area (Å²) in [5.41, 5.74) is -1.33. The molecule has 0 amide bonds. The standard InChI is InChI=1S/C10H7ClF3N3O2S/c11-7-1-6(10(12,13)14)2-8(3-7)17-20(18,19)9-4-15-16-5-9/h1-5,17H,(H,15,16). The molecule has 0 atom stereocenters. The summed E-state index contributed by atoms with van der Waals surface area (Å²) in [7, 11) is -4.02. The monoisotopic (exact) mass is 325 g/mol. The highest BCUT2D eigenvalue weighted by Gasteiger charge is 2.31. The molecule has 0 aliphatic rings. The molecule has 108 valence electrons. The molecule has 0 bridgehead atoms. The van der Waals surface area contributed by atoms with Gasteiger partial charge in [0.1, 0.15) is 4.90 Å². The Morgan fingerprint density at radius 1 is 1.25 bits per heavy atom. The fourth-order valence-electron chi connectivity index (χ4n) is 1.41. The lowest BCUT2D eigenvalue weighted by Crippen LogP contribution is -2.13. The highest BCUT2D eigenvalue weighted by molar-refractivity contribution is 7.92. The zero-order chi connectivity index (χ0) is 15.0. The predicted octanol–water partition coefficient (Wildman–Crippen LogP) is 2.88. The maximum absolute atomic E-state index is 12.6. The van der Waals surface area contributed by atoms with Gasteiger partial charge in [-0.3, -0.25) is 9.82 Å². The number of hydrogen-bond donors (Lipinski definition) is 2. The smallest absolute Gasteiger partial charge is 0.284 e. The number of anilines is 1. The summed E-state index contributed by atoms with van der Waals surface area (Å²) in [6, 6.07) is 2.44. The van der Waals surface area contributed by atoms with Crippen molar-refractivity contribution in [3.05, 3.63) is 41.2 Å². The second-order valence-electron chi connectivity index (χ2n) is 3.77. The molecule has 0 fully saturated rings. The van der Waals surface area contributed by atoms with Gasteiger partial charge in [0.25, 0.3) is 10.0 Å². The van der Waals surface area contributed by atoms with Gasteiger partial charge in [-0.2, -0.15) is 18.3 Å². The number of H-pyrrole nitrogens is 1. The number of benzene rings is 1. The molecule has 2 aromatic rings. The fourth-order valence-corrected chi connectivity index (χ4v) is 2.59. The number of aromatic nitrogens is 2. The van der Waals surface area contributed by atoms with Gasteiger partial charge in [0.15, 0.2) is 0 Å². The number of nitrogens with one attached hydrogen (secondary N) is 2. The second-order valence-corrected chi connectivity index (χ2v) is 5.88. The average Bonchev–Trinajstić information content (AvgIpc) is 2.79. The van der Waals surface area contributed by atoms with Crippen LogP contribution in [0.4, 0.5) is 18.9 Å². The van der Waals surface area contributed by atoms with Crippen molar-refractivity contribution in [3.63, 3.8) is 0 Å². The van der Waals surface area contributed by atoms with Gasteiger partial charge >= 0.3 is 6.18 Å². The van der Waals surface area contributed by atoms with Crippen molar-refractivity contribution < 1.29 is 21.6 Å². The zero-order valence-corrected chi connectivity index (χ0v) is 11.1. The molecular formula is C10H7ClF3N3O2S. The molecule has 2 N–H and O–H groups in total. The molecule has 1 aromatic heterocycles. The minimum absolute atomic E-state index is 0.203. The predicted molar refractivity (Wildman–Crippen MR) is 65.9 cm³/mol. The molecule has 0 aliphatic heterocycles. The fraction of sp³-hybridized carbons (Fsp3) is 0.100. The van der Waals surface area contributed by atoms with Crippen molar-refractivity contribution in [2.75, 3.05) is 4.72 Å². The van der Waals surface area contributed by atoms with E-state index in [2.05, 4.69) is 10.2 Å². The first-order valence-corrected chi connectivity index (χ1v) is 6.94. The van der Waals surface area contributed by atoms with E-state index in [9.17, 15) is 21.6 Å². The third kappa shape index (κ3) is 3.23. The van der Waals surface area contributed by atoms with Gasteiger partial charge in [-0.25, -0.2) is 8.42 Å². The summed E-state index contributed by atoms with van der Waals surface area (Å²) in [5.74, 6) is 0. The number of hydrogen-bond acceptors (Lipinski definition) is 3. The molecule has 5 nitrogen and oxygen atoms in total. The van der Waals surface area contributed by atoms with Crippen LogP contribution < -0.4 is 4.72 Å². The quantitative estimate of drug-likeness (QED) is 0.911. The Balaban J connectivity index is 2.38. The highest BCUT2D eigenvalue weighted by Crippen LogP contribution is 2.33. The van der Waals surface area contributed by atoms with Crippen molar-refractivity contribution in [1.29, 1.82) is 0 Å². The summed E-state index contributed by atoms with van der Waals surface area (Å²) in [6.07, 6.45) is -2.50. The van der Waals surface area contributed by atoms with Crippen molar-refractivity contribution in [2.24, 2.45) is 0 Å². The molecule has 0 aliphatic carbocycles. The van der Waals surface area contributed by atoms with Crippen LogP contribution in [-0.2, 0) is 16.2 Å². The van der Waals surface area contributed by atoms with Gasteiger partial charge in [-0.05, 0) is 18.2 Å². The summed E-state index contributed by atoms with van der Waals surface area (Å²) in [6.45, 7) is 0. The number of sulfonamides is 1. The molecule has 2 rings (SSSR count). The van der Waals surface area contributed by atoms with E-state index < -0.39 is 21.8 Å². The van der Waals surface area contributed by atoms with Crippen LogP contribution in [0.3, 0.4) is 0 Å². The Kier molecular flexibility index (Phi) is 3.65.